The number of rotatable bonds is 4. The Morgan fingerprint density at radius 1 is 1.18 bits per heavy atom. The van der Waals surface area contributed by atoms with Crippen molar-refractivity contribution in [3.8, 4) is 11.1 Å². The van der Waals surface area contributed by atoms with Crippen molar-refractivity contribution in [2.45, 2.75) is 0 Å². The van der Waals surface area contributed by atoms with E-state index in [4.69, 9.17) is 23.2 Å². The van der Waals surface area contributed by atoms with Crippen LogP contribution in [0, 0.1) is 10.1 Å². The lowest BCUT2D eigenvalue weighted by molar-refractivity contribution is -0.384. The number of hydrogen-bond donors (Lipinski definition) is 0. The van der Waals surface area contributed by atoms with E-state index in [1.165, 1.54) is 30.6 Å². The molecule has 2 rings (SSSR count). The smallest absolute Gasteiger partial charge is 0.269 e. The van der Waals surface area contributed by atoms with Crippen LogP contribution in [0.15, 0.2) is 29.3 Å². The predicted octanol–water partition coefficient (Wildman–Crippen LogP) is 3.58. The second-order valence-electron chi connectivity index (χ2n) is 4.49. The van der Waals surface area contributed by atoms with Crippen LogP contribution in [0.1, 0.15) is 0 Å². The molecule has 9 heteroatoms. The van der Waals surface area contributed by atoms with Crippen molar-refractivity contribution in [2.75, 3.05) is 14.1 Å². The fraction of sp³-hybridized carbons (Fsp3) is 0.154. The first-order valence-electron chi connectivity index (χ1n) is 6.07. The Morgan fingerprint density at radius 3 is 2.18 bits per heavy atom. The van der Waals surface area contributed by atoms with Gasteiger partial charge < -0.3 is 4.90 Å². The number of nitro groups is 1. The van der Waals surface area contributed by atoms with Crippen molar-refractivity contribution >= 4 is 41.2 Å². The van der Waals surface area contributed by atoms with Gasteiger partial charge >= 0.3 is 0 Å². The topological polar surface area (TPSA) is 84.5 Å². The third kappa shape index (κ3) is 3.69. The lowest BCUT2D eigenvalue weighted by Crippen LogP contribution is -2.07. The van der Waals surface area contributed by atoms with Crippen molar-refractivity contribution < 1.29 is 4.92 Å². The van der Waals surface area contributed by atoms with E-state index in [1.807, 2.05) is 0 Å². The van der Waals surface area contributed by atoms with Crippen LogP contribution in [0.4, 0.5) is 11.6 Å². The highest BCUT2D eigenvalue weighted by Crippen LogP contribution is 2.34. The Kier molecular flexibility index (Phi) is 4.89. The van der Waals surface area contributed by atoms with E-state index in [2.05, 4.69) is 15.0 Å². The maximum absolute atomic E-state index is 10.7. The van der Waals surface area contributed by atoms with E-state index in [0.29, 0.717) is 11.1 Å². The van der Waals surface area contributed by atoms with Gasteiger partial charge in [-0.05, 0) is 17.7 Å². The summed E-state index contributed by atoms with van der Waals surface area (Å²) in [7, 11) is 3.61. The normalized spacial score (nSPS) is 10.9. The van der Waals surface area contributed by atoms with Gasteiger partial charge in [-0.25, -0.2) is 4.99 Å². The Bertz CT molecular complexity index is 709. The minimum atomic E-state index is -0.484. The molecule has 7 nitrogen and oxygen atoms in total. The summed E-state index contributed by atoms with van der Waals surface area (Å²) in [5.41, 5.74) is 0.967. The third-order valence-corrected chi connectivity index (χ3v) is 3.13. The summed E-state index contributed by atoms with van der Waals surface area (Å²) >= 11 is 12.3. The van der Waals surface area contributed by atoms with E-state index >= 15 is 0 Å². The molecular formula is C13H11Cl2N5O2. The number of nitro benzene ring substituents is 1. The van der Waals surface area contributed by atoms with Gasteiger partial charge in [0, 0.05) is 26.2 Å². The van der Waals surface area contributed by atoms with Crippen LogP contribution in [0.3, 0.4) is 0 Å². The maximum atomic E-state index is 10.7. The Hall–Kier alpha value is -2.25. The minimum Gasteiger partial charge on any atom is -0.369 e. The molecule has 0 saturated carbocycles. The molecule has 0 saturated heterocycles. The predicted molar refractivity (Wildman–Crippen MR) is 86.0 cm³/mol. The van der Waals surface area contributed by atoms with Gasteiger partial charge in [0.15, 0.2) is 0 Å². The number of halogens is 2. The molecule has 1 heterocycles. The summed E-state index contributed by atoms with van der Waals surface area (Å²) in [5.74, 6) is 0.134. The number of nitrogens with zero attached hydrogens (tertiary/aromatic N) is 5. The molecular weight excluding hydrogens is 329 g/mol. The van der Waals surface area contributed by atoms with E-state index in [1.54, 1.807) is 19.0 Å². The first kappa shape index (κ1) is 16.1. The van der Waals surface area contributed by atoms with Crippen LogP contribution in [0.2, 0.25) is 10.3 Å². The lowest BCUT2D eigenvalue weighted by Gasteiger charge is -2.07. The average Bonchev–Trinajstić information content (AvgIpc) is 2.45. The molecule has 0 spiro atoms. The molecule has 0 atom stereocenters. The van der Waals surface area contributed by atoms with Gasteiger partial charge in [-0.2, -0.15) is 9.97 Å². The van der Waals surface area contributed by atoms with E-state index in [9.17, 15) is 10.1 Å². The largest absolute Gasteiger partial charge is 0.369 e. The second-order valence-corrected chi connectivity index (χ2v) is 5.21. The summed E-state index contributed by atoms with van der Waals surface area (Å²) in [4.78, 5) is 24.0. The van der Waals surface area contributed by atoms with Crippen molar-refractivity contribution in [3.63, 3.8) is 0 Å². The fourth-order valence-corrected chi connectivity index (χ4v) is 2.21. The number of hydrogen-bond acceptors (Lipinski definition) is 5. The zero-order valence-corrected chi connectivity index (χ0v) is 13.2. The second kappa shape index (κ2) is 6.67. The summed E-state index contributed by atoms with van der Waals surface area (Å²) in [6.07, 6.45) is 1.52. The van der Waals surface area contributed by atoms with E-state index < -0.39 is 4.92 Å². The molecule has 0 radical (unpaired) electrons. The lowest BCUT2D eigenvalue weighted by atomic mass is 10.1. The first-order chi connectivity index (χ1) is 10.4. The molecule has 0 unspecified atom stereocenters. The van der Waals surface area contributed by atoms with Crippen molar-refractivity contribution in [2.24, 2.45) is 4.99 Å². The molecule has 0 aliphatic carbocycles. The molecule has 1 aromatic carbocycles. The van der Waals surface area contributed by atoms with Gasteiger partial charge in [-0.15, -0.1) is 0 Å². The molecule has 22 heavy (non-hydrogen) atoms. The van der Waals surface area contributed by atoms with Crippen LogP contribution >= 0.6 is 23.2 Å². The summed E-state index contributed by atoms with van der Waals surface area (Å²) in [6.45, 7) is 0. The summed E-state index contributed by atoms with van der Waals surface area (Å²) in [5, 5.41) is 10.9. The highest BCUT2D eigenvalue weighted by molar-refractivity contribution is 6.37. The van der Waals surface area contributed by atoms with Crippen molar-refractivity contribution in [1.29, 1.82) is 0 Å². The standard InChI is InChI=1S/C13H11Cl2N5O2/c1-19(2)7-16-13-17-11(14)10(12(15)18-13)8-3-5-9(6-4-8)20(21)22/h3-7H,1-2H3. The van der Waals surface area contributed by atoms with Gasteiger partial charge in [0.1, 0.15) is 10.3 Å². The molecule has 0 bridgehead atoms. The van der Waals surface area contributed by atoms with E-state index in [0.717, 1.165) is 0 Å². The molecule has 0 aliphatic rings. The molecule has 1 aromatic heterocycles. The molecule has 0 fully saturated rings. The zero-order valence-electron chi connectivity index (χ0n) is 11.7. The van der Waals surface area contributed by atoms with Crippen LogP contribution in [0.25, 0.3) is 11.1 Å². The van der Waals surface area contributed by atoms with Gasteiger partial charge in [-0.3, -0.25) is 10.1 Å². The molecule has 0 amide bonds. The monoisotopic (exact) mass is 339 g/mol. The zero-order chi connectivity index (χ0) is 16.3. The van der Waals surface area contributed by atoms with Crippen molar-refractivity contribution in [1.82, 2.24) is 14.9 Å². The minimum absolute atomic E-state index is 0.0240. The number of aromatic nitrogens is 2. The number of benzene rings is 1. The van der Waals surface area contributed by atoms with Gasteiger partial charge in [-0.1, -0.05) is 23.2 Å². The fourth-order valence-electron chi connectivity index (χ4n) is 1.61. The average molecular weight is 340 g/mol. The van der Waals surface area contributed by atoms with Crippen LogP contribution < -0.4 is 0 Å². The van der Waals surface area contributed by atoms with Gasteiger partial charge in [0.25, 0.3) is 11.6 Å². The molecule has 114 valence electrons. The van der Waals surface area contributed by atoms with E-state index in [-0.39, 0.29) is 21.9 Å². The Balaban J connectivity index is 2.41. The Morgan fingerprint density at radius 2 is 1.73 bits per heavy atom. The van der Waals surface area contributed by atoms with Crippen LogP contribution in [-0.2, 0) is 0 Å². The Labute approximate surface area is 136 Å². The van der Waals surface area contributed by atoms with Crippen LogP contribution in [-0.4, -0.2) is 40.2 Å². The molecule has 2 aromatic rings. The number of aliphatic imine (C=N–C) groups is 1. The van der Waals surface area contributed by atoms with Gasteiger partial charge in [0.05, 0.1) is 16.8 Å². The summed E-state index contributed by atoms with van der Waals surface area (Å²) < 4.78 is 0. The highest BCUT2D eigenvalue weighted by Gasteiger charge is 2.15. The number of non-ortho nitro benzene ring substituents is 1. The SMILES string of the molecule is CN(C)C=Nc1nc(Cl)c(-c2ccc([N+](=O)[O-])cc2)c(Cl)n1. The van der Waals surface area contributed by atoms with Crippen LogP contribution in [0.5, 0.6) is 0 Å². The highest BCUT2D eigenvalue weighted by atomic mass is 35.5. The third-order valence-electron chi connectivity index (χ3n) is 2.58. The first-order valence-corrected chi connectivity index (χ1v) is 6.82. The quantitative estimate of drug-likeness (QED) is 0.279. The summed E-state index contributed by atoms with van der Waals surface area (Å²) in [6, 6.07) is 5.80. The van der Waals surface area contributed by atoms with Crippen molar-refractivity contribution in [3.05, 3.63) is 44.7 Å². The van der Waals surface area contributed by atoms with Gasteiger partial charge in [0.2, 0.25) is 0 Å². The maximum Gasteiger partial charge on any atom is 0.269 e. The molecule has 0 aliphatic heterocycles. The molecule has 0 N–H and O–H groups in total.